The zero-order valence-corrected chi connectivity index (χ0v) is 12.8. The average molecular weight is 338 g/mol. The Bertz CT molecular complexity index is 766. The van der Waals surface area contributed by atoms with Gasteiger partial charge in [-0.2, -0.15) is 0 Å². The van der Waals surface area contributed by atoms with Crippen LogP contribution in [0.3, 0.4) is 0 Å². The first-order valence-corrected chi connectivity index (χ1v) is 8.17. The Morgan fingerprint density at radius 3 is 2.39 bits per heavy atom. The number of hydrogen-bond acceptors (Lipinski definition) is 5. The number of phenols is 2. The molecule has 8 heteroatoms. The molecule has 0 spiro atoms. The van der Waals surface area contributed by atoms with Crippen LogP contribution in [-0.2, 0) is 11.0 Å². The molecule has 0 aliphatic rings. The summed E-state index contributed by atoms with van der Waals surface area (Å²) in [6, 6.07) is 9.78. The van der Waals surface area contributed by atoms with Crippen molar-refractivity contribution in [3.05, 3.63) is 53.6 Å². The molecule has 0 atom stereocenters. The third kappa shape index (κ3) is 5.10. The number of hydrogen-bond donors (Lipinski definition) is 4. The van der Waals surface area contributed by atoms with Crippen LogP contribution < -0.4 is 4.52 Å². The Kier molecular flexibility index (Phi) is 5.05. The topological polar surface area (TPSA) is 124 Å². The highest BCUT2D eigenvalue weighted by Gasteiger charge is 2.21. The molecule has 7 nitrogen and oxygen atoms in total. The van der Waals surface area contributed by atoms with Crippen LogP contribution in [0.15, 0.2) is 42.5 Å². The second kappa shape index (κ2) is 6.83. The zero-order valence-electron chi connectivity index (χ0n) is 11.9. The number of phosphoric acid groups is 1. The molecule has 122 valence electrons. The van der Waals surface area contributed by atoms with Crippen molar-refractivity contribution in [2.75, 3.05) is 0 Å². The summed E-state index contributed by atoms with van der Waals surface area (Å²) in [6.45, 7) is 0. The predicted molar refractivity (Wildman–Crippen MR) is 81.5 cm³/mol. The van der Waals surface area contributed by atoms with E-state index in [-0.39, 0.29) is 29.2 Å². The molecule has 4 N–H and O–H groups in total. The van der Waals surface area contributed by atoms with Crippen molar-refractivity contribution in [1.82, 2.24) is 0 Å². The summed E-state index contributed by atoms with van der Waals surface area (Å²) in [4.78, 5) is 30.0. The third-order valence-electron chi connectivity index (χ3n) is 3.03. The minimum atomic E-state index is -4.82. The van der Waals surface area contributed by atoms with Gasteiger partial charge in [-0.05, 0) is 42.3 Å². The maximum absolute atomic E-state index is 12.3. The first kappa shape index (κ1) is 17.0. The number of aryl methyl sites for hydroxylation is 1. The normalized spacial score (nSPS) is 11.2. The molecule has 0 radical (unpaired) electrons. The highest BCUT2D eigenvalue weighted by molar-refractivity contribution is 7.46. The summed E-state index contributed by atoms with van der Waals surface area (Å²) in [5.74, 6) is -0.883. The van der Waals surface area contributed by atoms with Gasteiger partial charge < -0.3 is 14.7 Å². The molecular weight excluding hydrogens is 323 g/mol. The molecule has 0 amide bonds. The predicted octanol–water partition coefficient (Wildman–Crippen LogP) is 2.38. The molecule has 0 saturated carbocycles. The van der Waals surface area contributed by atoms with E-state index in [1.807, 2.05) is 0 Å². The van der Waals surface area contributed by atoms with Crippen molar-refractivity contribution in [2.24, 2.45) is 0 Å². The quantitative estimate of drug-likeness (QED) is 0.471. The summed E-state index contributed by atoms with van der Waals surface area (Å²) in [5, 5.41) is 18.9. The molecule has 0 saturated heterocycles. The third-order valence-corrected chi connectivity index (χ3v) is 3.47. The van der Waals surface area contributed by atoms with Crippen LogP contribution in [0.4, 0.5) is 0 Å². The molecule has 0 fully saturated rings. The van der Waals surface area contributed by atoms with Gasteiger partial charge in [0.05, 0.1) is 5.56 Å². The highest BCUT2D eigenvalue weighted by Crippen LogP contribution is 2.40. The summed E-state index contributed by atoms with van der Waals surface area (Å²) in [6.07, 6.45) is 0.336. The lowest BCUT2D eigenvalue weighted by atomic mass is 10.0. The number of carbonyl (C=O) groups excluding carboxylic acids is 1. The lowest BCUT2D eigenvalue weighted by Crippen LogP contribution is -2.04. The van der Waals surface area contributed by atoms with Crippen LogP contribution in [-0.4, -0.2) is 25.8 Å². The summed E-state index contributed by atoms with van der Waals surface area (Å²) in [5.41, 5.74) is 0.615. The van der Waals surface area contributed by atoms with Gasteiger partial charge in [0.15, 0.2) is 5.78 Å². The number of benzene rings is 2. The van der Waals surface area contributed by atoms with Gasteiger partial charge in [-0.15, -0.1) is 0 Å². The summed E-state index contributed by atoms with van der Waals surface area (Å²) >= 11 is 0. The molecule has 0 aliphatic carbocycles. The maximum Gasteiger partial charge on any atom is 0.524 e. The molecular formula is C15H15O7P. The van der Waals surface area contributed by atoms with E-state index < -0.39 is 13.6 Å². The Balaban J connectivity index is 2.18. The molecule has 0 heterocycles. The first-order valence-electron chi connectivity index (χ1n) is 6.64. The minimum absolute atomic E-state index is 0.0183. The van der Waals surface area contributed by atoms with Crippen LogP contribution in [0.25, 0.3) is 0 Å². The van der Waals surface area contributed by atoms with Crippen LogP contribution in [0.1, 0.15) is 22.3 Å². The number of ketones is 1. The van der Waals surface area contributed by atoms with Gasteiger partial charge in [0, 0.05) is 6.42 Å². The molecule has 2 rings (SSSR count). The fourth-order valence-corrected chi connectivity index (χ4v) is 2.46. The summed E-state index contributed by atoms with van der Waals surface area (Å²) < 4.78 is 15.4. The second-order valence-electron chi connectivity index (χ2n) is 4.86. The largest absolute Gasteiger partial charge is 0.524 e. The van der Waals surface area contributed by atoms with Crippen molar-refractivity contribution in [3.8, 4) is 17.2 Å². The van der Waals surface area contributed by atoms with Crippen molar-refractivity contribution in [1.29, 1.82) is 0 Å². The molecule has 0 aromatic heterocycles. The average Bonchev–Trinajstić information content (AvgIpc) is 2.45. The van der Waals surface area contributed by atoms with E-state index >= 15 is 0 Å². The SMILES string of the molecule is O=C(CCc1cccc(O)c1)c1cc(O)ccc1OP(=O)(O)O. The Morgan fingerprint density at radius 2 is 1.74 bits per heavy atom. The Hall–Kier alpha value is -2.34. The number of carbonyl (C=O) groups is 1. The standard InChI is InChI=1S/C15H15O7P/c16-11-3-1-2-10(8-11)4-6-14(18)13-9-12(17)5-7-15(13)22-23(19,20)21/h1-3,5,7-9,16-17H,4,6H2,(H2,19,20,21). The fourth-order valence-electron chi connectivity index (χ4n) is 2.05. The van der Waals surface area contributed by atoms with Crippen LogP contribution in [0.2, 0.25) is 0 Å². The van der Waals surface area contributed by atoms with Gasteiger partial charge in [-0.1, -0.05) is 12.1 Å². The lowest BCUT2D eigenvalue weighted by Gasteiger charge is -2.11. The van der Waals surface area contributed by atoms with E-state index in [9.17, 15) is 19.6 Å². The van der Waals surface area contributed by atoms with E-state index in [2.05, 4.69) is 4.52 Å². The van der Waals surface area contributed by atoms with Gasteiger partial charge in [-0.25, -0.2) is 4.57 Å². The minimum Gasteiger partial charge on any atom is -0.508 e. The van der Waals surface area contributed by atoms with Crippen molar-refractivity contribution >= 4 is 13.6 Å². The highest BCUT2D eigenvalue weighted by atomic mass is 31.2. The molecule has 2 aromatic rings. The van der Waals surface area contributed by atoms with Gasteiger partial charge in [0.25, 0.3) is 0 Å². The number of phosphoric ester groups is 1. The first-order chi connectivity index (χ1) is 10.7. The number of phenolic OH excluding ortho intramolecular Hbond substituents is 2. The van der Waals surface area contributed by atoms with E-state index in [1.165, 1.54) is 12.1 Å². The Morgan fingerprint density at radius 1 is 1.04 bits per heavy atom. The maximum atomic E-state index is 12.3. The van der Waals surface area contributed by atoms with Crippen molar-refractivity contribution in [2.45, 2.75) is 12.8 Å². The number of Topliss-reactive ketones (excluding diaryl/α,β-unsaturated/α-hetero) is 1. The fraction of sp³-hybridized carbons (Fsp3) is 0.133. The second-order valence-corrected chi connectivity index (χ2v) is 6.02. The molecule has 23 heavy (non-hydrogen) atoms. The smallest absolute Gasteiger partial charge is 0.508 e. The molecule has 2 aromatic carbocycles. The van der Waals surface area contributed by atoms with Crippen LogP contribution in [0, 0.1) is 0 Å². The van der Waals surface area contributed by atoms with E-state index in [0.717, 1.165) is 23.8 Å². The molecule has 0 bridgehead atoms. The van der Waals surface area contributed by atoms with Gasteiger partial charge in [0.1, 0.15) is 17.2 Å². The van der Waals surface area contributed by atoms with E-state index in [0.29, 0.717) is 6.42 Å². The van der Waals surface area contributed by atoms with Crippen LogP contribution in [0.5, 0.6) is 17.2 Å². The number of rotatable bonds is 6. The van der Waals surface area contributed by atoms with Crippen molar-refractivity contribution in [3.63, 3.8) is 0 Å². The van der Waals surface area contributed by atoms with E-state index in [1.54, 1.807) is 12.1 Å². The van der Waals surface area contributed by atoms with E-state index in [4.69, 9.17) is 9.79 Å². The zero-order chi connectivity index (χ0) is 17.0. The molecule has 0 unspecified atom stereocenters. The summed E-state index contributed by atoms with van der Waals surface area (Å²) in [7, 11) is -4.82. The van der Waals surface area contributed by atoms with Gasteiger partial charge in [-0.3, -0.25) is 14.6 Å². The van der Waals surface area contributed by atoms with Crippen LogP contribution >= 0.6 is 7.82 Å². The monoisotopic (exact) mass is 338 g/mol. The van der Waals surface area contributed by atoms with Gasteiger partial charge >= 0.3 is 7.82 Å². The Labute approximate surface area is 132 Å². The molecule has 0 aliphatic heterocycles. The number of aromatic hydroxyl groups is 2. The lowest BCUT2D eigenvalue weighted by molar-refractivity contribution is 0.0980. The van der Waals surface area contributed by atoms with Gasteiger partial charge in [0.2, 0.25) is 0 Å². The van der Waals surface area contributed by atoms with Crippen molar-refractivity contribution < 1.29 is 33.9 Å².